The molecule has 6 heteroatoms. The van der Waals surface area contributed by atoms with Crippen LogP contribution >= 0.6 is 0 Å². The molecule has 1 unspecified atom stereocenters. The first-order chi connectivity index (χ1) is 11.4. The van der Waals surface area contributed by atoms with Crippen molar-refractivity contribution in [3.05, 3.63) is 35.9 Å². The zero-order chi connectivity index (χ0) is 18.2. The lowest BCUT2D eigenvalue weighted by molar-refractivity contribution is 0.0839. The van der Waals surface area contributed by atoms with Crippen LogP contribution in [0.3, 0.4) is 0 Å². The second-order valence-electron chi connectivity index (χ2n) is 6.12. The van der Waals surface area contributed by atoms with Crippen molar-refractivity contribution in [1.29, 1.82) is 0 Å². The van der Waals surface area contributed by atoms with Crippen LogP contribution in [0.1, 0.15) is 57.3 Å². The molecule has 0 spiro atoms. The number of hydrogen-bond acceptors (Lipinski definition) is 3. The Hall–Kier alpha value is -1.40. The summed E-state index contributed by atoms with van der Waals surface area (Å²) in [6.45, 7) is 8.90. The van der Waals surface area contributed by atoms with Gasteiger partial charge in [0.1, 0.15) is 0 Å². The average molecular weight is 355 g/mol. The first-order valence-corrected chi connectivity index (χ1v) is 10.1. The predicted molar refractivity (Wildman–Crippen MR) is 98.0 cm³/mol. The van der Waals surface area contributed by atoms with Gasteiger partial charge >= 0.3 is 10.2 Å². The van der Waals surface area contributed by atoms with Crippen molar-refractivity contribution >= 4 is 16.1 Å². The maximum atomic E-state index is 13.1. The first-order valence-electron chi connectivity index (χ1n) is 8.75. The molecule has 24 heavy (non-hydrogen) atoms. The van der Waals surface area contributed by atoms with E-state index in [1.54, 1.807) is 24.3 Å². The van der Waals surface area contributed by atoms with E-state index in [9.17, 15) is 13.2 Å². The average Bonchev–Trinajstić information content (AvgIpc) is 2.59. The number of benzene rings is 1. The van der Waals surface area contributed by atoms with E-state index in [1.807, 2.05) is 33.8 Å². The molecule has 1 atom stereocenters. The summed E-state index contributed by atoms with van der Waals surface area (Å²) in [5, 5.41) is 0. The molecule has 0 aromatic heterocycles. The molecule has 5 nitrogen and oxygen atoms in total. The van der Waals surface area contributed by atoms with Crippen LogP contribution in [0.2, 0.25) is 0 Å². The molecular weight excluding hydrogens is 324 g/mol. The fourth-order valence-electron chi connectivity index (χ4n) is 2.40. The van der Waals surface area contributed by atoms with E-state index in [0.717, 1.165) is 23.6 Å². The largest absolute Gasteiger partial charge is 0.306 e. The van der Waals surface area contributed by atoms with Gasteiger partial charge in [0, 0.05) is 25.2 Å². The summed E-state index contributed by atoms with van der Waals surface area (Å²) >= 11 is 0. The zero-order valence-electron chi connectivity index (χ0n) is 15.2. The van der Waals surface area contributed by atoms with Crippen LogP contribution in [0.4, 0.5) is 0 Å². The Morgan fingerprint density at radius 1 is 1.04 bits per heavy atom. The molecule has 0 bridgehead atoms. The summed E-state index contributed by atoms with van der Waals surface area (Å²) in [6, 6.07) is 8.62. The first kappa shape index (κ1) is 20.6. The van der Waals surface area contributed by atoms with Gasteiger partial charge < -0.3 is 0 Å². The minimum absolute atomic E-state index is 0.109. The van der Waals surface area contributed by atoms with Crippen LogP contribution in [-0.4, -0.2) is 42.6 Å². The summed E-state index contributed by atoms with van der Waals surface area (Å²) in [6.07, 6.45) is 2.25. The van der Waals surface area contributed by atoms with Crippen molar-refractivity contribution in [2.75, 3.05) is 19.6 Å². The van der Waals surface area contributed by atoms with Crippen molar-refractivity contribution in [3.8, 4) is 0 Å². The molecule has 1 amide bonds. The number of amides is 1. The van der Waals surface area contributed by atoms with E-state index >= 15 is 0 Å². The van der Waals surface area contributed by atoms with Crippen LogP contribution in [-0.2, 0) is 10.2 Å². The molecule has 1 aromatic carbocycles. The molecule has 0 aliphatic rings. The lowest BCUT2D eigenvalue weighted by Gasteiger charge is -2.31. The van der Waals surface area contributed by atoms with Gasteiger partial charge in [-0.05, 0) is 30.9 Å². The molecule has 0 fully saturated rings. The standard InChI is InChI=1S/C18H30N2O3S/c1-5-13-19(14-6-2)24(22,23)20(15-16(4)7-3)18(21)17-11-9-8-10-12-17/h8-12,16H,5-7,13-15H2,1-4H3. The third kappa shape index (κ3) is 5.31. The summed E-state index contributed by atoms with van der Waals surface area (Å²) in [4.78, 5) is 12.9. The summed E-state index contributed by atoms with van der Waals surface area (Å²) in [7, 11) is -3.82. The highest BCUT2D eigenvalue weighted by molar-refractivity contribution is 7.87. The molecule has 0 radical (unpaired) electrons. The van der Waals surface area contributed by atoms with Crippen LogP contribution in [0.25, 0.3) is 0 Å². The Kier molecular flexibility index (Phi) is 8.42. The number of nitrogens with zero attached hydrogens (tertiary/aromatic N) is 2. The van der Waals surface area contributed by atoms with Gasteiger partial charge in [0.2, 0.25) is 0 Å². The Labute approximate surface area is 146 Å². The van der Waals surface area contributed by atoms with Gasteiger partial charge in [-0.1, -0.05) is 52.3 Å². The van der Waals surface area contributed by atoms with Crippen LogP contribution in [0.15, 0.2) is 30.3 Å². The van der Waals surface area contributed by atoms with Crippen molar-refractivity contribution in [3.63, 3.8) is 0 Å². The topological polar surface area (TPSA) is 57.7 Å². The molecular formula is C18H30N2O3S. The highest BCUT2D eigenvalue weighted by Crippen LogP contribution is 2.18. The Balaban J connectivity index is 3.22. The lowest BCUT2D eigenvalue weighted by atomic mass is 10.1. The molecule has 0 saturated heterocycles. The van der Waals surface area contributed by atoms with E-state index in [-0.39, 0.29) is 12.5 Å². The van der Waals surface area contributed by atoms with Gasteiger partial charge in [-0.15, -0.1) is 0 Å². The summed E-state index contributed by atoms with van der Waals surface area (Å²) in [5.74, 6) is -0.342. The monoisotopic (exact) mass is 354 g/mol. The van der Waals surface area contributed by atoms with E-state index in [0.29, 0.717) is 18.7 Å². The van der Waals surface area contributed by atoms with Crippen molar-refractivity contribution in [2.24, 2.45) is 5.92 Å². The quantitative estimate of drug-likeness (QED) is 0.646. The highest BCUT2D eigenvalue weighted by atomic mass is 32.2. The summed E-state index contributed by atoms with van der Waals surface area (Å²) in [5.41, 5.74) is 0.400. The number of carbonyl (C=O) groups is 1. The van der Waals surface area contributed by atoms with Gasteiger partial charge in [0.05, 0.1) is 0 Å². The third-order valence-corrected chi connectivity index (χ3v) is 5.86. The molecule has 0 heterocycles. The van der Waals surface area contributed by atoms with E-state index < -0.39 is 16.1 Å². The minimum atomic E-state index is -3.82. The van der Waals surface area contributed by atoms with Gasteiger partial charge in [-0.3, -0.25) is 4.79 Å². The van der Waals surface area contributed by atoms with Crippen LogP contribution in [0, 0.1) is 5.92 Å². The fraction of sp³-hybridized carbons (Fsp3) is 0.611. The zero-order valence-corrected chi connectivity index (χ0v) is 16.1. The fourth-order valence-corrected chi connectivity index (χ4v) is 4.26. The molecule has 1 aromatic rings. The van der Waals surface area contributed by atoms with Crippen molar-refractivity contribution in [2.45, 2.75) is 47.0 Å². The van der Waals surface area contributed by atoms with Crippen LogP contribution < -0.4 is 0 Å². The van der Waals surface area contributed by atoms with Gasteiger partial charge in [0.25, 0.3) is 5.91 Å². The predicted octanol–water partition coefficient (Wildman–Crippen LogP) is 3.54. The minimum Gasteiger partial charge on any atom is -0.268 e. The van der Waals surface area contributed by atoms with E-state index in [2.05, 4.69) is 0 Å². The van der Waals surface area contributed by atoms with Gasteiger partial charge in [0.15, 0.2) is 0 Å². The Morgan fingerprint density at radius 2 is 1.58 bits per heavy atom. The number of carbonyl (C=O) groups excluding carboxylic acids is 1. The normalized spacial score (nSPS) is 13.0. The van der Waals surface area contributed by atoms with E-state index in [4.69, 9.17) is 0 Å². The molecule has 0 N–H and O–H groups in total. The third-order valence-electron chi connectivity index (χ3n) is 3.97. The molecule has 1 rings (SSSR count). The molecule has 0 aliphatic heterocycles. The maximum absolute atomic E-state index is 13.1. The number of rotatable bonds is 10. The number of hydrogen-bond donors (Lipinski definition) is 0. The van der Waals surface area contributed by atoms with Gasteiger partial charge in [-0.25, -0.2) is 4.31 Å². The second-order valence-corrected chi connectivity index (χ2v) is 7.98. The Morgan fingerprint density at radius 3 is 2.04 bits per heavy atom. The SMILES string of the molecule is CCCN(CCC)S(=O)(=O)N(CC(C)CC)C(=O)c1ccccc1. The second kappa shape index (κ2) is 9.79. The van der Waals surface area contributed by atoms with Crippen molar-refractivity contribution in [1.82, 2.24) is 8.61 Å². The highest BCUT2D eigenvalue weighted by Gasteiger charge is 2.33. The van der Waals surface area contributed by atoms with E-state index in [1.165, 1.54) is 4.31 Å². The molecule has 0 saturated carbocycles. The molecule has 136 valence electrons. The van der Waals surface area contributed by atoms with Crippen LogP contribution in [0.5, 0.6) is 0 Å². The van der Waals surface area contributed by atoms with Gasteiger partial charge in [-0.2, -0.15) is 12.7 Å². The van der Waals surface area contributed by atoms with Crippen molar-refractivity contribution < 1.29 is 13.2 Å². The maximum Gasteiger partial charge on any atom is 0.306 e. The summed E-state index contributed by atoms with van der Waals surface area (Å²) < 4.78 is 28.7. The lowest BCUT2D eigenvalue weighted by Crippen LogP contribution is -2.48. The smallest absolute Gasteiger partial charge is 0.268 e. The Bertz CT molecular complexity index is 596. The molecule has 0 aliphatic carbocycles.